The number of anilines is 1. The summed E-state index contributed by atoms with van der Waals surface area (Å²) in [5.41, 5.74) is 7.17. The molecular formula is C16H15BrF3N3O. The average molecular weight is 402 g/mol. The van der Waals surface area contributed by atoms with Crippen LogP contribution in [0.3, 0.4) is 0 Å². The SMILES string of the molecule is NC(=O)c1c(Br)c2c(n1Cc1cccc(C(F)(F)F)c1)CCCN2. The molecule has 1 aliphatic rings. The van der Waals surface area contributed by atoms with Gasteiger partial charge in [-0.25, -0.2) is 0 Å². The van der Waals surface area contributed by atoms with Crippen LogP contribution < -0.4 is 11.1 Å². The first kappa shape index (κ1) is 16.9. The van der Waals surface area contributed by atoms with Crippen LogP contribution in [-0.2, 0) is 19.1 Å². The number of benzene rings is 1. The Kier molecular flexibility index (Phi) is 4.33. The van der Waals surface area contributed by atoms with E-state index in [0.717, 1.165) is 42.9 Å². The Morgan fingerprint density at radius 1 is 1.38 bits per heavy atom. The van der Waals surface area contributed by atoms with Crippen LogP contribution in [0.5, 0.6) is 0 Å². The fraction of sp³-hybridized carbons (Fsp3) is 0.312. The van der Waals surface area contributed by atoms with Crippen LogP contribution in [0.25, 0.3) is 0 Å². The number of hydrogen-bond donors (Lipinski definition) is 2. The molecule has 0 saturated carbocycles. The minimum atomic E-state index is -4.40. The molecule has 1 aromatic heterocycles. The number of aromatic nitrogens is 1. The Hall–Kier alpha value is -1.96. The predicted octanol–water partition coefficient (Wildman–Crippen LogP) is 3.77. The molecule has 3 N–H and O–H groups in total. The maximum Gasteiger partial charge on any atom is 0.416 e. The lowest BCUT2D eigenvalue weighted by Gasteiger charge is -2.18. The molecule has 2 aromatic rings. The molecular weight excluding hydrogens is 387 g/mol. The normalized spacial score (nSPS) is 14.2. The number of halogens is 4. The summed E-state index contributed by atoms with van der Waals surface area (Å²) in [6, 6.07) is 5.10. The van der Waals surface area contributed by atoms with E-state index in [-0.39, 0.29) is 12.2 Å². The lowest BCUT2D eigenvalue weighted by molar-refractivity contribution is -0.137. The van der Waals surface area contributed by atoms with Gasteiger partial charge in [-0.05, 0) is 46.5 Å². The molecule has 24 heavy (non-hydrogen) atoms. The van der Waals surface area contributed by atoms with Crippen LogP contribution in [0.15, 0.2) is 28.7 Å². The fourth-order valence-corrected chi connectivity index (χ4v) is 3.77. The van der Waals surface area contributed by atoms with Gasteiger partial charge in [0.15, 0.2) is 0 Å². The zero-order valence-electron chi connectivity index (χ0n) is 12.6. The molecule has 0 unspecified atom stereocenters. The van der Waals surface area contributed by atoms with E-state index in [1.807, 2.05) is 0 Å². The van der Waals surface area contributed by atoms with E-state index < -0.39 is 17.6 Å². The molecule has 128 valence electrons. The molecule has 0 atom stereocenters. The van der Waals surface area contributed by atoms with E-state index in [1.54, 1.807) is 10.6 Å². The van der Waals surface area contributed by atoms with Crippen molar-refractivity contribution in [3.8, 4) is 0 Å². The van der Waals surface area contributed by atoms with Crippen LogP contribution in [-0.4, -0.2) is 17.0 Å². The first-order valence-corrected chi connectivity index (χ1v) is 8.19. The zero-order chi connectivity index (χ0) is 17.5. The maximum atomic E-state index is 12.9. The molecule has 0 aliphatic carbocycles. The molecule has 2 heterocycles. The van der Waals surface area contributed by atoms with Gasteiger partial charge in [-0.1, -0.05) is 12.1 Å². The van der Waals surface area contributed by atoms with Gasteiger partial charge in [-0.15, -0.1) is 0 Å². The molecule has 0 fully saturated rings. The van der Waals surface area contributed by atoms with Crippen molar-refractivity contribution >= 4 is 27.5 Å². The standard InChI is InChI=1S/C16H15BrF3N3O/c17-12-13-11(5-2-6-22-13)23(14(12)15(21)24)8-9-3-1-4-10(7-9)16(18,19)20/h1,3-4,7,22H,2,5-6,8H2,(H2,21,24). The number of nitrogens with two attached hydrogens (primary N) is 1. The quantitative estimate of drug-likeness (QED) is 0.821. The van der Waals surface area contributed by atoms with Crippen molar-refractivity contribution in [2.45, 2.75) is 25.6 Å². The van der Waals surface area contributed by atoms with E-state index in [2.05, 4.69) is 21.2 Å². The lowest BCUT2D eigenvalue weighted by Crippen LogP contribution is -2.20. The summed E-state index contributed by atoms with van der Waals surface area (Å²) in [7, 11) is 0. The van der Waals surface area contributed by atoms with Crippen LogP contribution in [0, 0.1) is 0 Å². The van der Waals surface area contributed by atoms with E-state index in [4.69, 9.17) is 5.73 Å². The summed E-state index contributed by atoms with van der Waals surface area (Å²) in [5, 5.41) is 3.21. The number of nitrogens with zero attached hydrogens (tertiary/aromatic N) is 1. The van der Waals surface area contributed by atoms with Crippen LogP contribution in [0.4, 0.5) is 18.9 Å². The topological polar surface area (TPSA) is 60.1 Å². The number of fused-ring (bicyclic) bond motifs is 1. The average Bonchev–Trinajstić information content (AvgIpc) is 2.80. The monoisotopic (exact) mass is 401 g/mol. The minimum Gasteiger partial charge on any atom is -0.383 e. The Bertz CT molecular complexity index is 799. The van der Waals surface area contributed by atoms with E-state index in [0.29, 0.717) is 10.0 Å². The zero-order valence-corrected chi connectivity index (χ0v) is 14.2. The number of primary amides is 1. The second-order valence-electron chi connectivity index (χ2n) is 5.66. The van der Waals surface area contributed by atoms with Gasteiger partial charge in [0.1, 0.15) is 5.69 Å². The summed E-state index contributed by atoms with van der Waals surface area (Å²) in [6.45, 7) is 0.926. The second kappa shape index (κ2) is 6.16. The van der Waals surface area contributed by atoms with Gasteiger partial charge in [0.2, 0.25) is 0 Å². The number of nitrogens with one attached hydrogen (secondary N) is 1. The highest BCUT2D eigenvalue weighted by molar-refractivity contribution is 9.10. The summed E-state index contributed by atoms with van der Waals surface area (Å²) >= 11 is 3.38. The van der Waals surface area contributed by atoms with Crippen LogP contribution in [0.1, 0.15) is 33.7 Å². The highest BCUT2D eigenvalue weighted by Gasteiger charge is 2.31. The Morgan fingerprint density at radius 2 is 2.12 bits per heavy atom. The van der Waals surface area contributed by atoms with Gasteiger partial charge in [0.05, 0.1) is 15.7 Å². The fourth-order valence-electron chi connectivity index (χ4n) is 2.99. The molecule has 1 aliphatic heterocycles. The molecule has 1 aromatic carbocycles. The van der Waals surface area contributed by atoms with Gasteiger partial charge in [-0.3, -0.25) is 4.79 Å². The highest BCUT2D eigenvalue weighted by atomic mass is 79.9. The van der Waals surface area contributed by atoms with Crippen LogP contribution in [0.2, 0.25) is 0 Å². The molecule has 0 spiro atoms. The smallest absolute Gasteiger partial charge is 0.383 e. The van der Waals surface area contributed by atoms with Crippen molar-refractivity contribution in [3.63, 3.8) is 0 Å². The number of carbonyl (C=O) groups excluding carboxylic acids is 1. The highest BCUT2D eigenvalue weighted by Crippen LogP contribution is 2.37. The molecule has 4 nitrogen and oxygen atoms in total. The molecule has 0 saturated heterocycles. The molecule has 0 radical (unpaired) electrons. The third kappa shape index (κ3) is 3.02. The number of hydrogen-bond acceptors (Lipinski definition) is 2. The second-order valence-corrected chi connectivity index (χ2v) is 6.46. The number of alkyl halides is 3. The third-order valence-corrected chi connectivity index (χ3v) is 4.80. The van der Waals surface area contributed by atoms with Gasteiger partial charge >= 0.3 is 6.18 Å². The Balaban J connectivity index is 2.06. The van der Waals surface area contributed by atoms with Crippen molar-refractivity contribution < 1.29 is 18.0 Å². The van der Waals surface area contributed by atoms with Crippen molar-refractivity contribution in [2.24, 2.45) is 5.73 Å². The van der Waals surface area contributed by atoms with Gasteiger partial charge in [-0.2, -0.15) is 13.2 Å². The van der Waals surface area contributed by atoms with Crippen molar-refractivity contribution in [2.75, 3.05) is 11.9 Å². The van der Waals surface area contributed by atoms with Crippen LogP contribution >= 0.6 is 15.9 Å². The third-order valence-electron chi connectivity index (χ3n) is 4.03. The number of amides is 1. The van der Waals surface area contributed by atoms with Crippen molar-refractivity contribution in [1.29, 1.82) is 0 Å². The summed E-state index contributed by atoms with van der Waals surface area (Å²) < 4.78 is 40.9. The first-order chi connectivity index (χ1) is 11.3. The molecule has 0 bridgehead atoms. The summed E-state index contributed by atoms with van der Waals surface area (Å²) in [5.74, 6) is -0.620. The number of rotatable bonds is 3. The molecule has 1 amide bonds. The maximum absolute atomic E-state index is 12.9. The summed E-state index contributed by atoms with van der Waals surface area (Å²) in [4.78, 5) is 11.8. The van der Waals surface area contributed by atoms with Gasteiger partial charge in [0, 0.05) is 18.8 Å². The number of carbonyl (C=O) groups is 1. The van der Waals surface area contributed by atoms with Crippen molar-refractivity contribution in [3.05, 3.63) is 51.3 Å². The molecule has 8 heteroatoms. The first-order valence-electron chi connectivity index (χ1n) is 7.39. The van der Waals surface area contributed by atoms with E-state index in [1.165, 1.54) is 6.07 Å². The van der Waals surface area contributed by atoms with Crippen molar-refractivity contribution in [1.82, 2.24) is 4.57 Å². The van der Waals surface area contributed by atoms with E-state index >= 15 is 0 Å². The van der Waals surface area contributed by atoms with Gasteiger partial charge in [0.25, 0.3) is 5.91 Å². The Morgan fingerprint density at radius 3 is 2.79 bits per heavy atom. The Labute approximate surface area is 145 Å². The molecule has 3 rings (SSSR count). The minimum absolute atomic E-state index is 0.151. The van der Waals surface area contributed by atoms with E-state index in [9.17, 15) is 18.0 Å². The lowest BCUT2D eigenvalue weighted by atomic mass is 10.1. The largest absolute Gasteiger partial charge is 0.416 e. The summed E-state index contributed by atoms with van der Waals surface area (Å²) in [6.07, 6.45) is -2.79. The predicted molar refractivity (Wildman–Crippen MR) is 88.0 cm³/mol. The van der Waals surface area contributed by atoms with Gasteiger partial charge < -0.3 is 15.6 Å².